The van der Waals surface area contributed by atoms with Gasteiger partial charge < -0.3 is 19.7 Å². The van der Waals surface area contributed by atoms with Gasteiger partial charge in [-0.05, 0) is 13.3 Å². The SMILES string of the molecule is COc1nccnc1CNC[C@@H]1C[C@H](OC)CN1c1cc(C)ncn1. The molecule has 0 saturated carbocycles. The summed E-state index contributed by atoms with van der Waals surface area (Å²) in [5, 5.41) is 3.45. The van der Waals surface area contributed by atoms with Gasteiger partial charge in [-0.3, -0.25) is 4.98 Å². The van der Waals surface area contributed by atoms with Crippen LogP contribution in [0.1, 0.15) is 17.8 Å². The second-order valence-electron chi connectivity index (χ2n) is 6.06. The number of nitrogens with one attached hydrogen (secondary N) is 1. The number of ether oxygens (including phenoxy) is 2. The molecule has 3 rings (SSSR count). The van der Waals surface area contributed by atoms with Gasteiger partial charge in [-0.2, -0.15) is 0 Å². The third kappa shape index (κ3) is 4.21. The summed E-state index contributed by atoms with van der Waals surface area (Å²) in [6.45, 7) is 4.20. The van der Waals surface area contributed by atoms with E-state index in [9.17, 15) is 0 Å². The molecule has 2 aromatic heterocycles. The summed E-state index contributed by atoms with van der Waals surface area (Å²) < 4.78 is 10.8. The minimum absolute atomic E-state index is 0.202. The first kappa shape index (κ1) is 17.5. The summed E-state index contributed by atoms with van der Waals surface area (Å²) in [6, 6.07) is 2.30. The predicted octanol–water partition coefficient (Wildman–Crippen LogP) is 0.967. The largest absolute Gasteiger partial charge is 0.480 e. The van der Waals surface area contributed by atoms with Crippen LogP contribution in [0.4, 0.5) is 5.82 Å². The lowest BCUT2D eigenvalue weighted by Gasteiger charge is -2.25. The van der Waals surface area contributed by atoms with E-state index >= 15 is 0 Å². The van der Waals surface area contributed by atoms with Gasteiger partial charge in [-0.1, -0.05) is 0 Å². The van der Waals surface area contributed by atoms with Crippen molar-refractivity contribution in [2.75, 3.05) is 32.2 Å². The van der Waals surface area contributed by atoms with Crippen molar-refractivity contribution in [2.45, 2.75) is 32.0 Å². The maximum atomic E-state index is 5.57. The van der Waals surface area contributed by atoms with Gasteiger partial charge in [-0.25, -0.2) is 15.0 Å². The standard InChI is InChI=1S/C17H24N6O2/c1-12-6-16(22-11-21-12)23-10-14(24-2)7-13(23)8-18-9-15-17(25-3)20-5-4-19-15/h4-6,11,13-14,18H,7-10H2,1-3H3/t13-,14-/m0/s1. The van der Waals surface area contributed by atoms with Crippen LogP contribution in [-0.2, 0) is 11.3 Å². The highest BCUT2D eigenvalue weighted by Gasteiger charge is 2.32. The Bertz CT molecular complexity index is 698. The zero-order valence-electron chi connectivity index (χ0n) is 14.8. The third-order valence-corrected chi connectivity index (χ3v) is 4.39. The van der Waals surface area contributed by atoms with Crippen molar-refractivity contribution in [1.82, 2.24) is 25.3 Å². The third-order valence-electron chi connectivity index (χ3n) is 4.39. The highest BCUT2D eigenvalue weighted by Crippen LogP contribution is 2.25. The van der Waals surface area contributed by atoms with Gasteiger partial charge in [0, 0.05) is 56.9 Å². The molecule has 0 spiro atoms. The summed E-state index contributed by atoms with van der Waals surface area (Å²) >= 11 is 0. The number of anilines is 1. The van der Waals surface area contributed by atoms with Gasteiger partial charge in [0.1, 0.15) is 17.8 Å². The molecular formula is C17H24N6O2. The van der Waals surface area contributed by atoms with Crippen LogP contribution in [-0.4, -0.2) is 59.4 Å². The van der Waals surface area contributed by atoms with E-state index in [1.165, 1.54) is 0 Å². The molecule has 8 heteroatoms. The van der Waals surface area contributed by atoms with Crippen LogP contribution in [0.15, 0.2) is 24.8 Å². The summed E-state index contributed by atoms with van der Waals surface area (Å²) in [7, 11) is 3.36. The smallest absolute Gasteiger partial charge is 0.236 e. The number of aromatic nitrogens is 4. The second-order valence-corrected chi connectivity index (χ2v) is 6.06. The summed E-state index contributed by atoms with van der Waals surface area (Å²) in [5.41, 5.74) is 1.76. The number of hydrogen-bond donors (Lipinski definition) is 1. The lowest BCUT2D eigenvalue weighted by Crippen LogP contribution is -2.38. The van der Waals surface area contributed by atoms with Crippen molar-refractivity contribution in [2.24, 2.45) is 0 Å². The summed E-state index contributed by atoms with van der Waals surface area (Å²) in [5.74, 6) is 1.50. The Balaban J connectivity index is 1.65. The average Bonchev–Trinajstić information content (AvgIpc) is 3.05. The molecule has 0 amide bonds. The molecule has 1 N–H and O–H groups in total. The summed E-state index contributed by atoms with van der Waals surface area (Å²) in [6.07, 6.45) is 6.06. The fraction of sp³-hybridized carbons (Fsp3) is 0.529. The van der Waals surface area contributed by atoms with Gasteiger partial charge in [0.25, 0.3) is 0 Å². The lowest BCUT2D eigenvalue weighted by molar-refractivity contribution is 0.118. The van der Waals surface area contributed by atoms with Gasteiger partial charge in [0.05, 0.1) is 13.2 Å². The zero-order valence-corrected chi connectivity index (χ0v) is 14.8. The van der Waals surface area contributed by atoms with Crippen molar-refractivity contribution in [3.05, 3.63) is 36.2 Å². The molecular weight excluding hydrogens is 320 g/mol. The molecule has 0 radical (unpaired) electrons. The highest BCUT2D eigenvalue weighted by molar-refractivity contribution is 5.42. The van der Waals surface area contributed by atoms with Crippen LogP contribution < -0.4 is 15.0 Å². The Labute approximate surface area is 147 Å². The van der Waals surface area contributed by atoms with Crippen molar-refractivity contribution in [3.8, 4) is 5.88 Å². The lowest BCUT2D eigenvalue weighted by atomic mass is 10.2. The van der Waals surface area contributed by atoms with Gasteiger partial charge in [0.2, 0.25) is 5.88 Å². The molecule has 0 bridgehead atoms. The molecule has 1 fully saturated rings. The molecule has 1 saturated heterocycles. The van der Waals surface area contributed by atoms with Crippen LogP contribution in [0.5, 0.6) is 5.88 Å². The van der Waals surface area contributed by atoms with Crippen LogP contribution in [0.3, 0.4) is 0 Å². The van der Waals surface area contributed by atoms with E-state index in [0.717, 1.165) is 36.7 Å². The fourth-order valence-corrected chi connectivity index (χ4v) is 3.12. The number of hydrogen-bond acceptors (Lipinski definition) is 8. The van der Waals surface area contributed by atoms with Crippen LogP contribution in [0.2, 0.25) is 0 Å². The molecule has 0 unspecified atom stereocenters. The van der Waals surface area contributed by atoms with Crippen LogP contribution >= 0.6 is 0 Å². The van der Waals surface area contributed by atoms with E-state index < -0.39 is 0 Å². The van der Waals surface area contributed by atoms with Gasteiger partial charge in [0.15, 0.2) is 0 Å². The van der Waals surface area contributed by atoms with Crippen molar-refractivity contribution >= 4 is 5.82 Å². The minimum atomic E-state index is 0.202. The first-order valence-corrected chi connectivity index (χ1v) is 8.34. The Morgan fingerprint density at radius 3 is 2.80 bits per heavy atom. The molecule has 2 atom stereocenters. The highest BCUT2D eigenvalue weighted by atomic mass is 16.5. The molecule has 8 nitrogen and oxygen atoms in total. The molecule has 1 aliphatic heterocycles. The minimum Gasteiger partial charge on any atom is -0.480 e. The Morgan fingerprint density at radius 2 is 2.04 bits per heavy atom. The molecule has 2 aromatic rings. The van der Waals surface area contributed by atoms with Crippen molar-refractivity contribution in [3.63, 3.8) is 0 Å². The van der Waals surface area contributed by atoms with Crippen LogP contribution in [0.25, 0.3) is 0 Å². The maximum absolute atomic E-state index is 5.57. The zero-order chi connectivity index (χ0) is 17.6. The normalized spacial score (nSPS) is 20.0. The summed E-state index contributed by atoms with van der Waals surface area (Å²) in [4.78, 5) is 19.4. The molecule has 3 heterocycles. The van der Waals surface area contributed by atoms with Crippen LogP contribution in [0, 0.1) is 6.92 Å². The maximum Gasteiger partial charge on any atom is 0.236 e. The number of nitrogens with zero attached hydrogens (tertiary/aromatic N) is 5. The molecule has 134 valence electrons. The van der Waals surface area contributed by atoms with E-state index in [1.54, 1.807) is 32.9 Å². The Kier molecular flexibility index (Phi) is 5.72. The number of aryl methyl sites for hydroxylation is 1. The molecule has 0 aliphatic carbocycles. The van der Waals surface area contributed by atoms with Crippen molar-refractivity contribution < 1.29 is 9.47 Å². The van der Waals surface area contributed by atoms with E-state index in [1.807, 2.05) is 13.0 Å². The van der Waals surface area contributed by atoms with E-state index in [0.29, 0.717) is 18.5 Å². The fourth-order valence-electron chi connectivity index (χ4n) is 3.12. The molecule has 1 aliphatic rings. The Hall–Kier alpha value is -2.32. The number of methoxy groups -OCH3 is 2. The first-order chi connectivity index (χ1) is 12.2. The Morgan fingerprint density at radius 1 is 1.20 bits per heavy atom. The quantitative estimate of drug-likeness (QED) is 0.795. The van der Waals surface area contributed by atoms with E-state index in [2.05, 4.69) is 30.2 Å². The topological polar surface area (TPSA) is 85.3 Å². The van der Waals surface area contributed by atoms with Crippen molar-refractivity contribution in [1.29, 1.82) is 0 Å². The van der Waals surface area contributed by atoms with Gasteiger partial charge >= 0.3 is 0 Å². The van der Waals surface area contributed by atoms with E-state index in [-0.39, 0.29) is 6.10 Å². The first-order valence-electron chi connectivity index (χ1n) is 8.34. The predicted molar refractivity (Wildman–Crippen MR) is 93.6 cm³/mol. The molecule has 25 heavy (non-hydrogen) atoms. The van der Waals surface area contributed by atoms with E-state index in [4.69, 9.17) is 9.47 Å². The number of rotatable bonds is 7. The van der Waals surface area contributed by atoms with Gasteiger partial charge in [-0.15, -0.1) is 0 Å². The average molecular weight is 344 g/mol. The molecule has 0 aromatic carbocycles. The second kappa shape index (κ2) is 8.17. The monoisotopic (exact) mass is 344 g/mol.